The number of benzene rings is 1. The number of rotatable bonds is 2. The Morgan fingerprint density at radius 3 is 2.52 bits per heavy atom. The molecule has 0 aromatic heterocycles. The highest BCUT2D eigenvalue weighted by molar-refractivity contribution is 6.35. The fourth-order valence-electron chi connectivity index (χ4n) is 2.86. The lowest BCUT2D eigenvalue weighted by Gasteiger charge is -2.27. The van der Waals surface area contributed by atoms with Crippen LogP contribution in [0, 0.1) is 0 Å². The van der Waals surface area contributed by atoms with Gasteiger partial charge in [-0.05, 0) is 25.0 Å². The van der Waals surface area contributed by atoms with Crippen molar-refractivity contribution in [3.05, 3.63) is 24.3 Å². The van der Waals surface area contributed by atoms with Crippen LogP contribution in [0.1, 0.15) is 25.7 Å². The summed E-state index contributed by atoms with van der Waals surface area (Å²) in [5.41, 5.74) is 0. The normalized spacial score (nSPS) is 20.5. The van der Waals surface area contributed by atoms with Crippen LogP contribution in [0.25, 0.3) is 0 Å². The molecule has 0 bridgehead atoms. The Morgan fingerprint density at radius 1 is 1.09 bits per heavy atom. The first kappa shape index (κ1) is 15.6. The van der Waals surface area contributed by atoms with Crippen LogP contribution < -0.4 is 14.8 Å². The highest BCUT2D eigenvalue weighted by atomic mass is 16.6. The highest BCUT2D eigenvalue weighted by Crippen LogP contribution is 2.30. The Bertz CT molecular complexity index is 567. The van der Waals surface area contributed by atoms with Crippen molar-refractivity contribution in [2.45, 2.75) is 31.8 Å². The summed E-state index contributed by atoms with van der Waals surface area (Å²) in [5.74, 6) is 0.367. The Labute approximate surface area is 135 Å². The lowest BCUT2D eigenvalue weighted by Crippen LogP contribution is -2.47. The van der Waals surface area contributed by atoms with Crippen LogP contribution in [-0.2, 0) is 9.59 Å². The average Bonchev–Trinajstić information content (AvgIpc) is 2.88. The van der Waals surface area contributed by atoms with Gasteiger partial charge >= 0.3 is 11.8 Å². The molecule has 1 aromatic rings. The van der Waals surface area contributed by atoms with Crippen LogP contribution in [0.4, 0.5) is 0 Å². The predicted molar refractivity (Wildman–Crippen MR) is 84.4 cm³/mol. The lowest BCUT2D eigenvalue weighted by molar-refractivity contribution is -0.146. The molecule has 2 aliphatic rings. The minimum Gasteiger partial charge on any atom is -0.486 e. The molecule has 2 amide bonds. The molecule has 1 atom stereocenters. The summed E-state index contributed by atoms with van der Waals surface area (Å²) in [6.45, 7) is 1.95. The third-order valence-electron chi connectivity index (χ3n) is 4.15. The third-order valence-corrected chi connectivity index (χ3v) is 4.15. The zero-order valence-corrected chi connectivity index (χ0v) is 13.1. The molecule has 1 aromatic carbocycles. The maximum atomic E-state index is 12.2. The van der Waals surface area contributed by atoms with Crippen LogP contribution in [-0.4, -0.2) is 49.1 Å². The van der Waals surface area contributed by atoms with Gasteiger partial charge in [-0.3, -0.25) is 9.59 Å². The first-order valence-corrected chi connectivity index (χ1v) is 8.19. The van der Waals surface area contributed by atoms with Gasteiger partial charge in [0.25, 0.3) is 0 Å². The zero-order valence-electron chi connectivity index (χ0n) is 13.1. The second kappa shape index (κ2) is 7.35. The van der Waals surface area contributed by atoms with Gasteiger partial charge in [0.15, 0.2) is 11.5 Å². The Kier molecular flexibility index (Phi) is 5.00. The summed E-state index contributed by atoms with van der Waals surface area (Å²) in [6, 6.07) is 7.41. The van der Waals surface area contributed by atoms with E-state index in [0.29, 0.717) is 31.2 Å². The van der Waals surface area contributed by atoms with Crippen molar-refractivity contribution in [2.24, 2.45) is 0 Å². The fraction of sp³-hybridized carbons (Fsp3) is 0.529. The van der Waals surface area contributed by atoms with Crippen LogP contribution in [0.15, 0.2) is 24.3 Å². The first-order chi connectivity index (χ1) is 11.2. The smallest absolute Gasteiger partial charge is 0.311 e. The molecular formula is C17H22N2O4. The number of fused-ring (bicyclic) bond motifs is 1. The Balaban J connectivity index is 1.48. The van der Waals surface area contributed by atoms with Gasteiger partial charge in [0, 0.05) is 13.1 Å². The van der Waals surface area contributed by atoms with Crippen LogP contribution in [0.5, 0.6) is 11.5 Å². The van der Waals surface area contributed by atoms with E-state index in [1.54, 1.807) is 4.90 Å². The second-order valence-corrected chi connectivity index (χ2v) is 5.91. The zero-order chi connectivity index (χ0) is 16.1. The fourth-order valence-corrected chi connectivity index (χ4v) is 2.86. The van der Waals surface area contributed by atoms with E-state index in [0.717, 1.165) is 25.7 Å². The van der Waals surface area contributed by atoms with Gasteiger partial charge in [-0.1, -0.05) is 25.0 Å². The number of likely N-dealkylation sites (tertiary alicyclic amines) is 1. The monoisotopic (exact) mass is 318 g/mol. The number of ether oxygens (including phenoxy) is 2. The van der Waals surface area contributed by atoms with Crippen LogP contribution in [0.2, 0.25) is 0 Å². The predicted octanol–water partition coefficient (Wildman–Crippen LogP) is 1.35. The summed E-state index contributed by atoms with van der Waals surface area (Å²) in [7, 11) is 0. The Morgan fingerprint density at radius 2 is 1.78 bits per heavy atom. The van der Waals surface area contributed by atoms with Crippen molar-refractivity contribution in [3.63, 3.8) is 0 Å². The van der Waals surface area contributed by atoms with Crippen LogP contribution >= 0.6 is 0 Å². The molecule has 1 unspecified atom stereocenters. The number of nitrogens with zero attached hydrogens (tertiary/aromatic N) is 1. The molecule has 23 heavy (non-hydrogen) atoms. The summed E-state index contributed by atoms with van der Waals surface area (Å²) >= 11 is 0. The minimum absolute atomic E-state index is 0.257. The van der Waals surface area contributed by atoms with Crippen molar-refractivity contribution in [2.75, 3.05) is 26.2 Å². The van der Waals surface area contributed by atoms with E-state index in [9.17, 15) is 9.59 Å². The van der Waals surface area contributed by atoms with Gasteiger partial charge in [0.1, 0.15) is 12.7 Å². The van der Waals surface area contributed by atoms with Gasteiger partial charge in [0.05, 0.1) is 6.54 Å². The van der Waals surface area contributed by atoms with E-state index in [1.165, 1.54) is 0 Å². The molecule has 2 heterocycles. The number of carbonyl (C=O) groups excluding carboxylic acids is 2. The third kappa shape index (κ3) is 3.94. The maximum absolute atomic E-state index is 12.2. The van der Waals surface area contributed by atoms with E-state index < -0.39 is 11.8 Å². The molecule has 1 saturated heterocycles. The second-order valence-electron chi connectivity index (χ2n) is 5.91. The molecule has 6 heteroatoms. The minimum atomic E-state index is -0.561. The van der Waals surface area contributed by atoms with E-state index in [-0.39, 0.29) is 12.6 Å². The number of amides is 2. The summed E-state index contributed by atoms with van der Waals surface area (Å²) in [5, 5.41) is 2.67. The van der Waals surface area contributed by atoms with E-state index in [4.69, 9.17) is 9.47 Å². The van der Waals surface area contributed by atoms with Crippen LogP contribution in [0.3, 0.4) is 0 Å². The lowest BCUT2D eigenvalue weighted by atomic mass is 10.2. The quantitative estimate of drug-likeness (QED) is 0.836. The molecule has 124 valence electrons. The average molecular weight is 318 g/mol. The van der Waals surface area contributed by atoms with Crippen molar-refractivity contribution >= 4 is 11.8 Å². The molecule has 0 saturated carbocycles. The molecular weight excluding hydrogens is 296 g/mol. The molecule has 3 rings (SSSR count). The number of hydrogen-bond acceptors (Lipinski definition) is 4. The highest BCUT2D eigenvalue weighted by Gasteiger charge is 2.25. The largest absolute Gasteiger partial charge is 0.486 e. The topological polar surface area (TPSA) is 67.9 Å². The number of nitrogens with one attached hydrogen (secondary N) is 1. The SMILES string of the molecule is O=C(NCC1COc2ccccc2O1)C(=O)N1CCCCCC1. The van der Waals surface area contributed by atoms with E-state index in [1.807, 2.05) is 24.3 Å². The van der Waals surface area contributed by atoms with Gasteiger partial charge in [-0.2, -0.15) is 0 Å². The summed E-state index contributed by atoms with van der Waals surface area (Å²) < 4.78 is 11.4. The number of hydrogen-bond donors (Lipinski definition) is 1. The van der Waals surface area contributed by atoms with Gasteiger partial charge in [0.2, 0.25) is 0 Å². The van der Waals surface area contributed by atoms with Crippen molar-refractivity contribution in [3.8, 4) is 11.5 Å². The van der Waals surface area contributed by atoms with Crippen molar-refractivity contribution in [1.82, 2.24) is 10.2 Å². The molecule has 1 N–H and O–H groups in total. The van der Waals surface area contributed by atoms with Gasteiger partial charge < -0.3 is 19.7 Å². The van der Waals surface area contributed by atoms with Gasteiger partial charge in [-0.25, -0.2) is 0 Å². The van der Waals surface area contributed by atoms with E-state index in [2.05, 4.69) is 5.32 Å². The number of carbonyl (C=O) groups is 2. The van der Waals surface area contributed by atoms with Crippen molar-refractivity contribution in [1.29, 1.82) is 0 Å². The molecule has 0 aliphatic carbocycles. The molecule has 6 nitrogen and oxygen atoms in total. The molecule has 2 aliphatic heterocycles. The molecule has 0 spiro atoms. The Hall–Kier alpha value is -2.24. The van der Waals surface area contributed by atoms with Crippen molar-refractivity contribution < 1.29 is 19.1 Å². The first-order valence-electron chi connectivity index (χ1n) is 8.19. The van der Waals surface area contributed by atoms with Gasteiger partial charge in [-0.15, -0.1) is 0 Å². The summed E-state index contributed by atoms with van der Waals surface area (Å²) in [4.78, 5) is 25.9. The van der Waals surface area contributed by atoms with E-state index >= 15 is 0 Å². The molecule has 0 radical (unpaired) electrons. The number of para-hydroxylation sites is 2. The standard InChI is InChI=1S/C17H22N2O4/c20-16(17(21)19-9-5-1-2-6-10-19)18-11-13-12-22-14-7-3-4-8-15(14)23-13/h3-4,7-8,13H,1-2,5-6,9-12H2,(H,18,20). The maximum Gasteiger partial charge on any atom is 0.311 e. The summed E-state index contributed by atoms with van der Waals surface area (Å²) in [6.07, 6.45) is 3.90. The molecule has 1 fully saturated rings.